The molecule has 3 rings (SSSR count). The molecule has 1 fully saturated rings. The minimum Gasteiger partial charge on any atom is -0.460 e. The van der Waals surface area contributed by atoms with E-state index in [-0.39, 0.29) is 25.4 Å². The van der Waals surface area contributed by atoms with Gasteiger partial charge < -0.3 is 14.0 Å². The number of esters is 1. The number of imidazole rings is 1. The highest BCUT2D eigenvalue weighted by Gasteiger charge is 2.41. The monoisotopic (exact) mass is 366 g/mol. The SMILES string of the molecule is O=C(OCCN1CCOCC1)c1nc(C(F)(F)F)n2c1CN(F)CC2. The summed E-state index contributed by atoms with van der Waals surface area (Å²) >= 11 is 0. The van der Waals surface area contributed by atoms with Crippen molar-refractivity contribution in [1.82, 2.24) is 19.6 Å². The van der Waals surface area contributed by atoms with Crippen molar-refractivity contribution in [2.24, 2.45) is 0 Å². The van der Waals surface area contributed by atoms with E-state index in [0.717, 1.165) is 4.57 Å². The lowest BCUT2D eigenvalue weighted by Crippen LogP contribution is -2.38. The van der Waals surface area contributed by atoms with Crippen LogP contribution in [0.25, 0.3) is 0 Å². The van der Waals surface area contributed by atoms with E-state index in [4.69, 9.17) is 9.47 Å². The largest absolute Gasteiger partial charge is 0.460 e. The molecule has 2 aliphatic heterocycles. The zero-order valence-electron chi connectivity index (χ0n) is 13.4. The molecule has 0 unspecified atom stereocenters. The van der Waals surface area contributed by atoms with E-state index in [9.17, 15) is 22.4 Å². The third kappa shape index (κ3) is 4.10. The van der Waals surface area contributed by atoms with Crippen LogP contribution in [0.2, 0.25) is 0 Å². The van der Waals surface area contributed by atoms with E-state index < -0.39 is 30.2 Å². The Morgan fingerprint density at radius 3 is 2.60 bits per heavy atom. The van der Waals surface area contributed by atoms with Crippen LogP contribution >= 0.6 is 0 Å². The lowest BCUT2D eigenvalue weighted by atomic mass is 10.2. The number of hydrogen-bond acceptors (Lipinski definition) is 6. The molecule has 140 valence electrons. The normalized spacial score (nSPS) is 19.7. The first-order valence-corrected chi connectivity index (χ1v) is 7.91. The number of aromatic nitrogens is 2. The summed E-state index contributed by atoms with van der Waals surface area (Å²) in [7, 11) is 0. The summed E-state index contributed by atoms with van der Waals surface area (Å²) in [5, 5.41) is 0.349. The predicted octanol–water partition coefficient (Wildman–Crippen LogP) is 1.09. The number of fused-ring (bicyclic) bond motifs is 1. The van der Waals surface area contributed by atoms with Gasteiger partial charge in [-0.05, 0) is 0 Å². The zero-order chi connectivity index (χ0) is 18.0. The maximum Gasteiger partial charge on any atom is 0.449 e. The van der Waals surface area contributed by atoms with Gasteiger partial charge in [0.05, 0.1) is 25.5 Å². The minimum absolute atomic E-state index is 0.0197. The molecule has 1 aromatic heterocycles. The fourth-order valence-electron chi connectivity index (χ4n) is 2.88. The van der Waals surface area contributed by atoms with Gasteiger partial charge in [-0.2, -0.15) is 13.2 Å². The lowest BCUT2D eigenvalue weighted by molar-refractivity contribution is -0.148. The molecule has 0 bridgehead atoms. The van der Waals surface area contributed by atoms with E-state index in [2.05, 4.69) is 4.98 Å². The smallest absolute Gasteiger partial charge is 0.449 e. The van der Waals surface area contributed by atoms with Gasteiger partial charge in [0, 0.05) is 32.7 Å². The first-order valence-electron chi connectivity index (χ1n) is 7.91. The van der Waals surface area contributed by atoms with Gasteiger partial charge in [0.1, 0.15) is 6.61 Å². The van der Waals surface area contributed by atoms with Crippen LogP contribution in [0.4, 0.5) is 17.7 Å². The van der Waals surface area contributed by atoms with Crippen LogP contribution in [0.3, 0.4) is 0 Å². The Hall–Kier alpha value is -1.72. The number of carbonyl (C=O) groups is 1. The molecular weight excluding hydrogens is 348 g/mol. The Morgan fingerprint density at radius 1 is 1.20 bits per heavy atom. The standard InChI is InChI=1S/C14H18F4N4O3/c15-14(16,17)13-19-11(10-9-21(18)1-2-22(10)13)12(23)25-8-5-20-3-6-24-7-4-20/h1-9H2. The molecule has 0 amide bonds. The van der Waals surface area contributed by atoms with Crippen LogP contribution in [0.1, 0.15) is 22.0 Å². The molecule has 25 heavy (non-hydrogen) atoms. The van der Waals surface area contributed by atoms with Crippen molar-refractivity contribution in [3.05, 3.63) is 17.2 Å². The zero-order valence-corrected chi connectivity index (χ0v) is 13.4. The molecule has 7 nitrogen and oxygen atoms in total. The van der Waals surface area contributed by atoms with E-state index in [1.165, 1.54) is 0 Å². The molecule has 1 aromatic rings. The third-order valence-electron chi connectivity index (χ3n) is 4.15. The second kappa shape index (κ2) is 7.26. The van der Waals surface area contributed by atoms with Gasteiger partial charge in [0.15, 0.2) is 5.69 Å². The van der Waals surface area contributed by atoms with Crippen molar-refractivity contribution in [3.8, 4) is 0 Å². The predicted molar refractivity (Wildman–Crippen MR) is 76.3 cm³/mol. The fraction of sp³-hybridized carbons (Fsp3) is 0.714. The number of hydrogen-bond donors (Lipinski definition) is 0. The third-order valence-corrected chi connectivity index (χ3v) is 4.15. The van der Waals surface area contributed by atoms with Crippen molar-refractivity contribution in [1.29, 1.82) is 0 Å². The number of alkyl halides is 3. The van der Waals surface area contributed by atoms with Crippen molar-refractivity contribution < 1.29 is 31.9 Å². The Labute approximate surface area is 141 Å². The molecule has 0 N–H and O–H groups in total. The molecule has 2 aliphatic rings. The topological polar surface area (TPSA) is 59.8 Å². The Kier molecular flexibility index (Phi) is 5.25. The van der Waals surface area contributed by atoms with Crippen molar-refractivity contribution in [2.45, 2.75) is 19.3 Å². The van der Waals surface area contributed by atoms with Crippen LogP contribution in [-0.4, -0.2) is 71.5 Å². The van der Waals surface area contributed by atoms with Gasteiger partial charge in [0.2, 0.25) is 5.82 Å². The highest BCUT2D eigenvalue weighted by Crippen LogP contribution is 2.32. The summed E-state index contributed by atoms with van der Waals surface area (Å²) in [5.41, 5.74) is -0.589. The van der Waals surface area contributed by atoms with Crippen molar-refractivity contribution in [3.63, 3.8) is 0 Å². The van der Waals surface area contributed by atoms with Crippen molar-refractivity contribution in [2.75, 3.05) is 46.0 Å². The van der Waals surface area contributed by atoms with Crippen LogP contribution in [0.5, 0.6) is 0 Å². The second-order valence-corrected chi connectivity index (χ2v) is 5.81. The van der Waals surface area contributed by atoms with Crippen LogP contribution in [0.15, 0.2) is 0 Å². The number of ether oxygens (including phenoxy) is 2. The Morgan fingerprint density at radius 2 is 1.92 bits per heavy atom. The highest BCUT2D eigenvalue weighted by molar-refractivity contribution is 5.88. The summed E-state index contributed by atoms with van der Waals surface area (Å²) < 4.78 is 63.8. The average Bonchev–Trinajstić information content (AvgIpc) is 2.94. The van der Waals surface area contributed by atoms with Crippen molar-refractivity contribution >= 4 is 5.97 Å². The molecule has 0 aliphatic carbocycles. The molecule has 3 heterocycles. The number of nitrogens with zero attached hydrogens (tertiary/aromatic N) is 4. The van der Waals surface area contributed by atoms with Gasteiger partial charge in [-0.25, -0.2) is 9.78 Å². The first-order chi connectivity index (χ1) is 11.9. The lowest BCUT2D eigenvalue weighted by Gasteiger charge is -2.26. The summed E-state index contributed by atoms with van der Waals surface area (Å²) in [6, 6.07) is 0. The highest BCUT2D eigenvalue weighted by atomic mass is 19.4. The maximum absolute atomic E-state index is 13.4. The molecule has 11 heteroatoms. The molecule has 0 atom stereocenters. The average molecular weight is 366 g/mol. The number of carbonyl (C=O) groups excluding carboxylic acids is 1. The van der Waals surface area contributed by atoms with Gasteiger partial charge in [-0.15, -0.1) is 9.60 Å². The van der Waals surface area contributed by atoms with Gasteiger partial charge in [-0.1, -0.05) is 0 Å². The molecular formula is C14H18F4N4O3. The Bertz CT molecular complexity index is 628. The number of rotatable bonds is 4. The Balaban J connectivity index is 1.70. The van der Waals surface area contributed by atoms with Gasteiger partial charge in [-0.3, -0.25) is 4.90 Å². The quantitative estimate of drug-likeness (QED) is 0.452. The van der Waals surface area contributed by atoms with Crippen LogP contribution in [0, 0.1) is 0 Å². The van der Waals surface area contributed by atoms with Crippen LogP contribution < -0.4 is 0 Å². The summed E-state index contributed by atoms with van der Waals surface area (Å²) in [6.07, 6.45) is -4.72. The fourth-order valence-corrected chi connectivity index (χ4v) is 2.88. The van der Waals surface area contributed by atoms with E-state index in [1.54, 1.807) is 0 Å². The van der Waals surface area contributed by atoms with Crippen LogP contribution in [-0.2, 0) is 28.7 Å². The first kappa shape index (κ1) is 18.1. The molecule has 1 saturated heterocycles. The van der Waals surface area contributed by atoms with E-state index in [1.807, 2.05) is 4.90 Å². The van der Waals surface area contributed by atoms with E-state index >= 15 is 0 Å². The summed E-state index contributed by atoms with van der Waals surface area (Å²) in [5.74, 6) is -2.17. The van der Waals surface area contributed by atoms with Gasteiger partial charge >= 0.3 is 12.1 Å². The maximum atomic E-state index is 13.4. The molecule has 0 saturated carbocycles. The minimum atomic E-state index is -4.72. The molecule has 0 radical (unpaired) electrons. The number of morpholine rings is 1. The molecule has 0 aromatic carbocycles. The molecule has 0 spiro atoms. The van der Waals surface area contributed by atoms with E-state index in [0.29, 0.717) is 38.0 Å². The summed E-state index contributed by atoms with van der Waals surface area (Å²) in [4.78, 5) is 17.6. The summed E-state index contributed by atoms with van der Waals surface area (Å²) in [6.45, 7) is 2.19. The second-order valence-electron chi connectivity index (χ2n) is 5.81. The number of halogens is 4. The van der Waals surface area contributed by atoms with Gasteiger partial charge in [0.25, 0.3) is 0 Å².